The van der Waals surface area contributed by atoms with Crippen molar-refractivity contribution in [2.24, 2.45) is 4.99 Å². The first kappa shape index (κ1) is 29.4. The maximum Gasteiger partial charge on any atom is 0.100 e. The van der Waals surface area contributed by atoms with Gasteiger partial charge in [0.15, 0.2) is 0 Å². The monoisotopic (exact) mass is 288 g/mol. The molecule has 0 aliphatic rings. The van der Waals surface area contributed by atoms with Crippen LogP contribution in [-0.2, 0) is 32.7 Å². The normalized spacial score (nSPS) is 6.40. The van der Waals surface area contributed by atoms with Crippen molar-refractivity contribution < 1.29 is 37.1 Å². The average molecular weight is 288 g/mol. The second kappa shape index (κ2) is 29.2. The van der Waals surface area contributed by atoms with Crippen molar-refractivity contribution in [3.8, 4) is 0 Å². The van der Waals surface area contributed by atoms with E-state index in [0.717, 1.165) is 5.76 Å². The van der Waals surface area contributed by atoms with Gasteiger partial charge in [-0.25, -0.2) is 0 Å². The first-order valence-corrected chi connectivity index (χ1v) is 3.94. The molecule has 1 radical (unpaired) electrons. The Morgan fingerprint density at radius 1 is 1.33 bits per heavy atom. The van der Waals surface area contributed by atoms with Gasteiger partial charge in [-0.1, -0.05) is 28.7 Å². The van der Waals surface area contributed by atoms with Crippen LogP contribution in [0.25, 0.3) is 0 Å². The fourth-order valence-electron chi connectivity index (χ4n) is 0.361. The summed E-state index contributed by atoms with van der Waals surface area (Å²) in [5, 5.41) is 0. The van der Waals surface area contributed by atoms with Crippen molar-refractivity contribution in [2.45, 2.75) is 42.5 Å². The summed E-state index contributed by atoms with van der Waals surface area (Å²) in [7, 11) is 3.12. The van der Waals surface area contributed by atoms with Crippen LogP contribution in [0.15, 0.2) is 27.8 Å². The number of aryl methyl sites for hydroxylation is 1. The van der Waals surface area contributed by atoms with Gasteiger partial charge in [0.05, 0.1) is 6.26 Å². The summed E-state index contributed by atoms with van der Waals surface area (Å²) in [6.07, 6.45) is 4.11. The molecule has 0 saturated carbocycles. The fourth-order valence-corrected chi connectivity index (χ4v) is 0.361. The number of hydrogen-bond donors (Lipinski definition) is 0. The summed E-state index contributed by atoms with van der Waals surface area (Å²) in [4.78, 5) is 3.24. The minimum absolute atomic E-state index is 0. The summed E-state index contributed by atoms with van der Waals surface area (Å²) in [6, 6.07) is 3.79. The largest absolute Gasteiger partial charge is 0.662 e. The van der Waals surface area contributed by atoms with Gasteiger partial charge in [-0.2, -0.15) is 6.92 Å². The third kappa shape index (κ3) is 31.5. The molecule has 15 heavy (non-hydrogen) atoms. The Hall–Kier alpha value is -0.0761. The minimum atomic E-state index is 0. The molecule has 1 heterocycles. The van der Waals surface area contributed by atoms with Gasteiger partial charge in [-0.3, -0.25) is 0 Å². The second-order valence-corrected chi connectivity index (χ2v) is 1.61. The van der Waals surface area contributed by atoms with Crippen LogP contribution in [0.2, 0.25) is 0 Å². The van der Waals surface area contributed by atoms with Crippen LogP contribution in [0.4, 0.5) is 0 Å². The molecule has 0 unspecified atom stereocenters. The van der Waals surface area contributed by atoms with Crippen LogP contribution in [0.5, 0.6) is 0 Å². The van der Waals surface area contributed by atoms with Crippen molar-refractivity contribution in [1.29, 1.82) is 0 Å². The molecule has 89 valence electrons. The fraction of sp³-hybridized carbons (Fsp3) is 0.500. The van der Waals surface area contributed by atoms with E-state index >= 15 is 0 Å². The van der Waals surface area contributed by atoms with E-state index in [4.69, 9.17) is 4.42 Å². The molecule has 0 fully saturated rings. The first-order valence-electron chi connectivity index (χ1n) is 3.94. The van der Waals surface area contributed by atoms with E-state index in [-0.39, 0.29) is 47.6 Å². The van der Waals surface area contributed by atoms with Crippen molar-refractivity contribution in [2.75, 3.05) is 0 Å². The molecule has 1 aromatic heterocycles. The number of hydrogen-bond acceptors (Lipinski definition) is 2. The number of furan rings is 1. The average Bonchev–Trinajstić information content (AvgIpc) is 2.60. The summed E-state index contributed by atoms with van der Waals surface area (Å²) < 4.78 is 4.83. The van der Waals surface area contributed by atoms with E-state index in [2.05, 4.69) is 18.3 Å². The molecule has 0 bridgehead atoms. The molecule has 2 nitrogen and oxygen atoms in total. The van der Waals surface area contributed by atoms with E-state index in [0.29, 0.717) is 0 Å². The van der Waals surface area contributed by atoms with Crippen molar-refractivity contribution in [1.82, 2.24) is 0 Å². The van der Waals surface area contributed by atoms with Crippen molar-refractivity contribution in [3.05, 3.63) is 31.2 Å². The number of rotatable bonds is 0. The first-order chi connectivity index (χ1) is 5.81. The molecule has 0 spiro atoms. The predicted octanol–water partition coefficient (Wildman–Crippen LogP) is 4.63. The van der Waals surface area contributed by atoms with Crippen LogP contribution in [0, 0.1) is 14.0 Å². The van der Waals surface area contributed by atoms with Crippen LogP contribution >= 0.6 is 0 Å². The molecule has 0 atom stereocenters. The summed E-state index contributed by atoms with van der Waals surface area (Å²) in [6.45, 7) is 7.62. The van der Waals surface area contributed by atoms with E-state index in [9.17, 15) is 0 Å². The van der Waals surface area contributed by atoms with Gasteiger partial charge in [0.1, 0.15) is 5.76 Å². The minimum Gasteiger partial charge on any atom is -0.662 e. The molecular weight excluding hydrogens is 263 g/mol. The third-order valence-corrected chi connectivity index (χ3v) is 0.822. The molecule has 1 aromatic rings. The van der Waals surface area contributed by atoms with Gasteiger partial charge in [0, 0.05) is 32.7 Å². The van der Waals surface area contributed by atoms with Gasteiger partial charge in [0.25, 0.3) is 0 Å². The number of nitrogens with zero attached hydrogens (tertiary/aromatic N) is 1. The van der Waals surface area contributed by atoms with Crippen LogP contribution in [0.1, 0.15) is 41.4 Å². The number of aliphatic imine (C=N–C) groups is 1. The van der Waals surface area contributed by atoms with Gasteiger partial charge in [-0.05, 0) is 19.1 Å². The van der Waals surface area contributed by atoms with Crippen molar-refractivity contribution in [3.63, 3.8) is 0 Å². The molecule has 0 amide bonds. The Morgan fingerprint density at radius 2 is 1.73 bits per heavy atom. The van der Waals surface area contributed by atoms with Gasteiger partial charge in [-0.15, -0.1) is 0 Å². The topological polar surface area (TPSA) is 25.5 Å². The van der Waals surface area contributed by atoms with Gasteiger partial charge < -0.3 is 22.7 Å². The Kier molecular flexibility index (Phi) is 57.2. The molecule has 0 saturated heterocycles. The van der Waals surface area contributed by atoms with Crippen molar-refractivity contribution >= 4 is 6.21 Å². The van der Waals surface area contributed by atoms with Crippen LogP contribution < -0.4 is 0 Å². The van der Waals surface area contributed by atoms with E-state index in [1.807, 2.05) is 32.9 Å². The maximum absolute atomic E-state index is 4.83. The van der Waals surface area contributed by atoms with Crippen LogP contribution in [-0.4, -0.2) is 6.21 Å². The Balaban J connectivity index is -0.0000000339. The summed E-state index contributed by atoms with van der Waals surface area (Å²) in [5.41, 5.74) is 0. The zero-order valence-electron chi connectivity index (χ0n) is 8.87. The third-order valence-electron chi connectivity index (χ3n) is 0.822. The van der Waals surface area contributed by atoms with Gasteiger partial charge in [0.2, 0.25) is 0 Å². The Labute approximate surface area is 121 Å². The Bertz CT molecular complexity index is 168. The maximum atomic E-state index is 4.83. The zero-order valence-corrected chi connectivity index (χ0v) is 11.7. The smallest absolute Gasteiger partial charge is 0.100 e. The SMILES string of the molecule is C.C.CC.Cc1ccco1.[CH2-]N=[C-]C.[Y]. The predicted molar refractivity (Wildman–Crippen MR) is 66.7 cm³/mol. The Morgan fingerprint density at radius 3 is 1.80 bits per heavy atom. The van der Waals surface area contributed by atoms with Crippen LogP contribution in [0.3, 0.4) is 0 Å². The second-order valence-electron chi connectivity index (χ2n) is 1.61. The molecule has 0 aromatic carbocycles. The summed E-state index contributed by atoms with van der Waals surface area (Å²) in [5.74, 6) is 0.968. The van der Waals surface area contributed by atoms with E-state index in [1.165, 1.54) is 0 Å². The molecule has 0 aliphatic heterocycles. The quantitative estimate of drug-likeness (QED) is 0.505. The molecule has 0 N–H and O–H groups in total. The summed E-state index contributed by atoms with van der Waals surface area (Å²) >= 11 is 0. The molecule has 0 aliphatic carbocycles. The van der Waals surface area contributed by atoms with E-state index in [1.54, 1.807) is 13.2 Å². The zero-order chi connectivity index (χ0) is 9.82. The van der Waals surface area contributed by atoms with Gasteiger partial charge >= 0.3 is 0 Å². The molecule has 3 heteroatoms. The van der Waals surface area contributed by atoms with E-state index < -0.39 is 0 Å². The molecule has 1 rings (SSSR count). The molecular formula is C12H25NOY-2. The standard InChI is InChI=1S/C5H6O.C3H5N.C2H6.2CH4.Y/c1-5-3-2-4-6-5;1-3-4-2;1-2;;;/h2-4H,1H3;2H2,1H3;1-2H3;2*1H4;/q;-2;;;;.